The fraction of sp³-hybridized carbons (Fsp3) is 1.00. The van der Waals surface area contributed by atoms with Gasteiger partial charge in [-0.3, -0.25) is 10.1 Å². The van der Waals surface area contributed by atoms with E-state index in [1.54, 1.807) is 0 Å². The Bertz CT molecular complexity index is 276. The first kappa shape index (κ1) is 14.9. The third-order valence-electron chi connectivity index (χ3n) is 1.66. The average Bonchev–Trinajstić information content (AvgIpc) is 2.00. The molecule has 4 nitrogen and oxygen atoms in total. The van der Waals surface area contributed by atoms with Gasteiger partial charge in [0.2, 0.25) is 6.04 Å². The van der Waals surface area contributed by atoms with Crippen molar-refractivity contribution >= 4 is 0 Å². The predicted molar refractivity (Wildman–Crippen MR) is 34.5 cm³/mol. The van der Waals surface area contributed by atoms with Crippen molar-refractivity contribution in [1.82, 2.24) is 0 Å². The van der Waals surface area contributed by atoms with Gasteiger partial charge in [-0.25, -0.2) is 0 Å². The molecular formula is C5H6F7N2O2+. The molecule has 0 aliphatic rings. The van der Waals surface area contributed by atoms with Crippen molar-refractivity contribution < 1.29 is 41.4 Å². The van der Waals surface area contributed by atoms with Gasteiger partial charge in [0.05, 0.1) is 0 Å². The summed E-state index contributed by atoms with van der Waals surface area (Å²) in [6, 6.07) is -2.99. The van der Waals surface area contributed by atoms with Crippen molar-refractivity contribution in [2.24, 2.45) is 0 Å². The summed E-state index contributed by atoms with van der Waals surface area (Å²) in [5, 5.41) is 9.74. The Morgan fingerprint density at radius 3 is 1.75 bits per heavy atom. The van der Waals surface area contributed by atoms with E-state index in [1.807, 2.05) is 0 Å². The molecule has 96 valence electrons. The summed E-state index contributed by atoms with van der Waals surface area (Å²) in [7, 11) is 0. The maximum atomic E-state index is 12.6. The zero-order valence-corrected chi connectivity index (χ0v) is 7.40. The third kappa shape index (κ3) is 2.51. The molecule has 16 heavy (non-hydrogen) atoms. The normalized spacial score (nSPS) is 16.0. The first-order valence-corrected chi connectivity index (χ1v) is 3.61. The lowest BCUT2D eigenvalue weighted by Gasteiger charge is -2.28. The molecule has 0 bridgehead atoms. The Kier molecular flexibility index (Phi) is 3.75. The molecule has 0 saturated heterocycles. The fourth-order valence-corrected chi connectivity index (χ4v) is 0.740. The molecule has 0 radical (unpaired) electrons. The van der Waals surface area contributed by atoms with Crippen molar-refractivity contribution in [1.29, 1.82) is 0 Å². The standard InChI is InChI=1S/C5H5F7N2O2/c6-3(7,2(13)1-14(15)16)4(8,9)5(10,11)12/h2H,1,13H2/p+1. The SMILES string of the molecule is [NH3+]C(C[N+](=O)[O-])C(F)(F)C(F)(F)C(F)(F)F. The minimum Gasteiger partial charge on any atom is -0.344 e. The van der Waals surface area contributed by atoms with Gasteiger partial charge in [-0.15, -0.1) is 0 Å². The van der Waals surface area contributed by atoms with Crippen molar-refractivity contribution in [3.05, 3.63) is 10.1 Å². The predicted octanol–water partition coefficient (Wildman–Crippen LogP) is 0.707. The van der Waals surface area contributed by atoms with Gasteiger partial charge >= 0.3 is 18.0 Å². The van der Waals surface area contributed by atoms with Gasteiger partial charge in [-0.2, -0.15) is 30.7 Å². The molecule has 0 aromatic heterocycles. The van der Waals surface area contributed by atoms with Crippen LogP contribution in [0.15, 0.2) is 0 Å². The molecule has 0 aliphatic carbocycles. The smallest absolute Gasteiger partial charge is 0.344 e. The first-order chi connectivity index (χ1) is 6.84. The van der Waals surface area contributed by atoms with Crippen molar-refractivity contribution in [2.75, 3.05) is 6.54 Å². The van der Waals surface area contributed by atoms with E-state index in [9.17, 15) is 40.8 Å². The van der Waals surface area contributed by atoms with Crippen LogP contribution in [-0.4, -0.2) is 35.5 Å². The number of hydrogen-bond donors (Lipinski definition) is 1. The molecule has 3 N–H and O–H groups in total. The van der Waals surface area contributed by atoms with Crippen molar-refractivity contribution in [3.63, 3.8) is 0 Å². The molecular weight excluding hydrogens is 253 g/mol. The van der Waals surface area contributed by atoms with E-state index in [2.05, 4.69) is 5.73 Å². The second-order valence-electron chi connectivity index (χ2n) is 2.91. The van der Waals surface area contributed by atoms with Gasteiger partial charge in [-0.1, -0.05) is 0 Å². The summed E-state index contributed by atoms with van der Waals surface area (Å²) in [6.45, 7) is -1.79. The molecule has 0 amide bonds. The van der Waals surface area contributed by atoms with Gasteiger partial charge < -0.3 is 5.73 Å². The number of alkyl halides is 7. The lowest BCUT2D eigenvalue weighted by molar-refractivity contribution is -0.576. The van der Waals surface area contributed by atoms with Crippen molar-refractivity contribution in [2.45, 2.75) is 24.1 Å². The Morgan fingerprint density at radius 2 is 1.50 bits per heavy atom. The van der Waals surface area contributed by atoms with Crippen LogP contribution in [0.2, 0.25) is 0 Å². The number of halogens is 7. The minimum absolute atomic E-state index is 1.45. The highest BCUT2D eigenvalue weighted by Gasteiger charge is 2.77. The molecule has 11 heteroatoms. The van der Waals surface area contributed by atoms with E-state index in [4.69, 9.17) is 0 Å². The lowest BCUT2D eigenvalue weighted by atomic mass is 10.0. The lowest BCUT2D eigenvalue weighted by Crippen LogP contribution is -2.77. The Hall–Kier alpha value is -1.13. The molecule has 1 atom stereocenters. The summed E-state index contributed by atoms with van der Waals surface area (Å²) < 4.78 is 84.6. The molecule has 0 aliphatic heterocycles. The van der Waals surface area contributed by atoms with Crippen molar-refractivity contribution in [3.8, 4) is 0 Å². The molecule has 0 aromatic rings. The zero-order valence-electron chi connectivity index (χ0n) is 7.40. The first-order valence-electron chi connectivity index (χ1n) is 3.61. The summed E-state index contributed by atoms with van der Waals surface area (Å²) in [6.07, 6.45) is -6.50. The van der Waals surface area contributed by atoms with E-state index >= 15 is 0 Å². The summed E-state index contributed by atoms with van der Waals surface area (Å²) in [5.74, 6) is -12.0. The minimum atomic E-state index is -6.50. The molecule has 0 heterocycles. The van der Waals surface area contributed by atoms with E-state index < -0.39 is 35.5 Å². The fourth-order valence-electron chi connectivity index (χ4n) is 0.740. The molecule has 0 rings (SSSR count). The molecule has 0 aromatic carbocycles. The molecule has 1 unspecified atom stereocenters. The Labute approximate surface area is 83.4 Å². The van der Waals surface area contributed by atoms with Crippen LogP contribution in [0.3, 0.4) is 0 Å². The highest BCUT2D eigenvalue weighted by atomic mass is 19.4. The average molecular weight is 259 g/mol. The van der Waals surface area contributed by atoms with Crippen LogP contribution in [0.5, 0.6) is 0 Å². The number of nitro groups is 1. The molecule has 0 saturated carbocycles. The number of rotatable bonds is 4. The second-order valence-corrected chi connectivity index (χ2v) is 2.91. The maximum absolute atomic E-state index is 12.6. The Balaban J connectivity index is 5.11. The van der Waals surface area contributed by atoms with E-state index in [0.29, 0.717) is 0 Å². The van der Waals surface area contributed by atoms with Gasteiger partial charge in [-0.05, 0) is 0 Å². The van der Waals surface area contributed by atoms with Gasteiger partial charge in [0.1, 0.15) is 0 Å². The number of hydrogen-bond acceptors (Lipinski definition) is 2. The number of quaternary nitrogens is 1. The van der Waals surface area contributed by atoms with Crippen LogP contribution >= 0.6 is 0 Å². The largest absolute Gasteiger partial charge is 0.460 e. The summed E-state index contributed by atoms with van der Waals surface area (Å²) in [4.78, 5) is 8.29. The number of nitrogens with zero attached hydrogens (tertiary/aromatic N) is 1. The van der Waals surface area contributed by atoms with Gasteiger partial charge in [0.15, 0.2) is 0 Å². The monoisotopic (exact) mass is 259 g/mol. The summed E-state index contributed by atoms with van der Waals surface area (Å²) >= 11 is 0. The highest BCUT2D eigenvalue weighted by Crippen LogP contribution is 2.47. The van der Waals surface area contributed by atoms with Crippen LogP contribution in [-0.2, 0) is 0 Å². The maximum Gasteiger partial charge on any atom is 0.460 e. The van der Waals surface area contributed by atoms with Gasteiger partial charge in [0, 0.05) is 4.92 Å². The molecule has 0 spiro atoms. The van der Waals surface area contributed by atoms with Crippen LogP contribution in [0.1, 0.15) is 0 Å². The topological polar surface area (TPSA) is 70.8 Å². The van der Waals surface area contributed by atoms with Gasteiger partial charge in [0.25, 0.3) is 6.54 Å². The summed E-state index contributed by atoms with van der Waals surface area (Å²) in [5.41, 5.74) is 2.26. The zero-order chi connectivity index (χ0) is 13.4. The van der Waals surface area contributed by atoms with E-state index in [0.717, 1.165) is 0 Å². The van der Waals surface area contributed by atoms with Crippen LogP contribution in [0.25, 0.3) is 0 Å². The highest BCUT2D eigenvalue weighted by molar-refractivity contribution is 4.95. The Morgan fingerprint density at radius 1 is 1.12 bits per heavy atom. The van der Waals surface area contributed by atoms with E-state index in [-0.39, 0.29) is 0 Å². The third-order valence-corrected chi connectivity index (χ3v) is 1.66. The van der Waals surface area contributed by atoms with Crippen LogP contribution in [0, 0.1) is 10.1 Å². The second kappa shape index (κ2) is 4.03. The van der Waals surface area contributed by atoms with Crippen LogP contribution < -0.4 is 5.73 Å². The van der Waals surface area contributed by atoms with Crippen LogP contribution in [0.4, 0.5) is 30.7 Å². The van der Waals surface area contributed by atoms with E-state index in [1.165, 1.54) is 0 Å². The quantitative estimate of drug-likeness (QED) is 0.458. The molecule has 0 fully saturated rings.